The standard InChI is InChI=1S/C9H12N2O4S/c1-7-8(11(12)13)5-4-6-9(7)16(14,15)10(2)3/h4-6H,1-3H3. The van der Waals surface area contributed by atoms with Gasteiger partial charge in [-0.15, -0.1) is 0 Å². The summed E-state index contributed by atoms with van der Waals surface area (Å²) in [5, 5.41) is 10.7. The Morgan fingerprint density at radius 3 is 2.31 bits per heavy atom. The molecule has 0 N–H and O–H groups in total. The first-order valence-electron chi connectivity index (χ1n) is 4.45. The van der Waals surface area contributed by atoms with E-state index < -0.39 is 14.9 Å². The van der Waals surface area contributed by atoms with E-state index in [1.165, 1.54) is 39.2 Å². The second kappa shape index (κ2) is 4.18. The van der Waals surface area contributed by atoms with E-state index in [1.807, 2.05) is 0 Å². The normalized spacial score (nSPS) is 11.8. The molecule has 0 saturated carbocycles. The predicted molar refractivity (Wildman–Crippen MR) is 58.7 cm³/mol. The fourth-order valence-corrected chi connectivity index (χ4v) is 2.41. The lowest BCUT2D eigenvalue weighted by Gasteiger charge is -2.13. The third-order valence-electron chi connectivity index (χ3n) is 2.21. The Bertz CT molecular complexity index is 522. The molecule has 1 aromatic carbocycles. The van der Waals surface area contributed by atoms with Gasteiger partial charge in [0.25, 0.3) is 5.69 Å². The third-order valence-corrected chi connectivity index (χ3v) is 4.17. The number of nitro benzene ring substituents is 1. The van der Waals surface area contributed by atoms with E-state index in [1.54, 1.807) is 0 Å². The van der Waals surface area contributed by atoms with E-state index in [0.717, 1.165) is 4.31 Å². The van der Waals surface area contributed by atoms with Crippen LogP contribution in [0.4, 0.5) is 5.69 Å². The van der Waals surface area contributed by atoms with Gasteiger partial charge in [0.05, 0.1) is 9.82 Å². The van der Waals surface area contributed by atoms with E-state index in [4.69, 9.17) is 0 Å². The molecule has 16 heavy (non-hydrogen) atoms. The zero-order valence-electron chi connectivity index (χ0n) is 9.17. The lowest BCUT2D eigenvalue weighted by atomic mass is 10.2. The Labute approximate surface area is 93.7 Å². The van der Waals surface area contributed by atoms with Crippen LogP contribution >= 0.6 is 0 Å². The molecule has 0 unspecified atom stereocenters. The molecule has 0 spiro atoms. The van der Waals surface area contributed by atoms with Gasteiger partial charge in [0, 0.05) is 25.7 Å². The first-order valence-corrected chi connectivity index (χ1v) is 5.89. The van der Waals surface area contributed by atoms with E-state index in [-0.39, 0.29) is 16.1 Å². The molecule has 0 saturated heterocycles. The highest BCUT2D eigenvalue weighted by Gasteiger charge is 2.24. The number of hydrogen-bond acceptors (Lipinski definition) is 4. The Morgan fingerprint density at radius 2 is 1.88 bits per heavy atom. The van der Waals surface area contributed by atoms with Crippen LogP contribution in [0, 0.1) is 17.0 Å². The fraction of sp³-hybridized carbons (Fsp3) is 0.333. The molecule has 0 aliphatic rings. The predicted octanol–water partition coefficient (Wildman–Crippen LogP) is 1.15. The highest BCUT2D eigenvalue weighted by atomic mass is 32.2. The maximum atomic E-state index is 11.8. The minimum atomic E-state index is -3.63. The van der Waals surface area contributed by atoms with Crippen molar-refractivity contribution in [3.63, 3.8) is 0 Å². The van der Waals surface area contributed by atoms with Crippen LogP contribution in [0.2, 0.25) is 0 Å². The summed E-state index contributed by atoms with van der Waals surface area (Å²) in [6, 6.07) is 4.00. The van der Waals surface area contributed by atoms with Gasteiger partial charge in [0.15, 0.2) is 0 Å². The summed E-state index contributed by atoms with van der Waals surface area (Å²) < 4.78 is 24.7. The molecule has 88 valence electrons. The zero-order valence-corrected chi connectivity index (χ0v) is 9.98. The summed E-state index contributed by atoms with van der Waals surface area (Å²) in [5.74, 6) is 0. The maximum absolute atomic E-state index is 11.8. The molecule has 0 fully saturated rings. The molecule has 0 radical (unpaired) electrons. The van der Waals surface area contributed by atoms with Crippen LogP contribution in [-0.4, -0.2) is 31.7 Å². The Morgan fingerprint density at radius 1 is 1.31 bits per heavy atom. The molecule has 1 aromatic rings. The minimum Gasteiger partial charge on any atom is -0.258 e. The molecule has 0 aliphatic carbocycles. The molecule has 1 rings (SSSR count). The lowest BCUT2D eigenvalue weighted by molar-refractivity contribution is -0.385. The summed E-state index contributed by atoms with van der Waals surface area (Å²) in [6.07, 6.45) is 0. The van der Waals surface area contributed by atoms with Gasteiger partial charge in [-0.1, -0.05) is 6.07 Å². The number of nitrogens with zero attached hydrogens (tertiary/aromatic N) is 2. The van der Waals surface area contributed by atoms with E-state index in [9.17, 15) is 18.5 Å². The van der Waals surface area contributed by atoms with Gasteiger partial charge >= 0.3 is 0 Å². The number of hydrogen-bond donors (Lipinski definition) is 0. The molecule has 0 atom stereocenters. The Balaban J connectivity index is 3.49. The highest BCUT2D eigenvalue weighted by Crippen LogP contribution is 2.25. The number of benzene rings is 1. The molecular formula is C9H12N2O4S. The molecule has 6 nitrogen and oxygen atoms in total. The van der Waals surface area contributed by atoms with Gasteiger partial charge in [-0.3, -0.25) is 10.1 Å². The van der Waals surface area contributed by atoms with Crippen LogP contribution < -0.4 is 0 Å². The molecule has 0 amide bonds. The van der Waals surface area contributed by atoms with E-state index >= 15 is 0 Å². The first kappa shape index (κ1) is 12.6. The molecule has 0 bridgehead atoms. The average Bonchev–Trinajstić information content (AvgIpc) is 2.16. The average molecular weight is 244 g/mol. The first-order chi connectivity index (χ1) is 7.28. The van der Waals surface area contributed by atoms with Crippen molar-refractivity contribution in [2.45, 2.75) is 11.8 Å². The lowest BCUT2D eigenvalue weighted by Crippen LogP contribution is -2.23. The minimum absolute atomic E-state index is 0.0355. The molecule has 0 aromatic heterocycles. The molecular weight excluding hydrogens is 232 g/mol. The number of nitro groups is 1. The fourth-order valence-electron chi connectivity index (χ4n) is 1.28. The van der Waals surface area contributed by atoms with Crippen molar-refractivity contribution in [3.8, 4) is 0 Å². The second-order valence-corrected chi connectivity index (χ2v) is 5.57. The van der Waals surface area contributed by atoms with Crippen molar-refractivity contribution in [1.82, 2.24) is 4.31 Å². The van der Waals surface area contributed by atoms with Crippen molar-refractivity contribution in [2.75, 3.05) is 14.1 Å². The molecule has 7 heteroatoms. The van der Waals surface area contributed by atoms with Crippen molar-refractivity contribution in [2.24, 2.45) is 0 Å². The van der Waals surface area contributed by atoms with Crippen LogP contribution in [0.15, 0.2) is 23.1 Å². The van der Waals surface area contributed by atoms with Gasteiger partial charge in [-0.05, 0) is 13.0 Å². The van der Waals surface area contributed by atoms with Crippen molar-refractivity contribution >= 4 is 15.7 Å². The van der Waals surface area contributed by atoms with Crippen LogP contribution in [0.25, 0.3) is 0 Å². The molecule has 0 aliphatic heterocycles. The van der Waals surface area contributed by atoms with Crippen LogP contribution in [0.5, 0.6) is 0 Å². The largest absolute Gasteiger partial charge is 0.273 e. The Hall–Kier alpha value is -1.47. The summed E-state index contributed by atoms with van der Waals surface area (Å²) in [6.45, 7) is 1.43. The SMILES string of the molecule is Cc1c([N+](=O)[O-])cccc1S(=O)(=O)N(C)C. The van der Waals surface area contributed by atoms with Crippen LogP contribution in [-0.2, 0) is 10.0 Å². The van der Waals surface area contributed by atoms with E-state index in [2.05, 4.69) is 0 Å². The van der Waals surface area contributed by atoms with Crippen LogP contribution in [0.1, 0.15) is 5.56 Å². The van der Waals surface area contributed by atoms with Gasteiger partial charge in [-0.2, -0.15) is 0 Å². The van der Waals surface area contributed by atoms with Crippen LogP contribution in [0.3, 0.4) is 0 Å². The highest BCUT2D eigenvalue weighted by molar-refractivity contribution is 7.89. The van der Waals surface area contributed by atoms with Crippen molar-refractivity contribution in [1.29, 1.82) is 0 Å². The smallest absolute Gasteiger partial charge is 0.258 e. The molecule has 0 heterocycles. The number of sulfonamides is 1. The monoisotopic (exact) mass is 244 g/mol. The van der Waals surface area contributed by atoms with Crippen molar-refractivity contribution < 1.29 is 13.3 Å². The van der Waals surface area contributed by atoms with E-state index in [0.29, 0.717) is 0 Å². The summed E-state index contributed by atoms with van der Waals surface area (Å²) in [7, 11) is -0.870. The van der Waals surface area contributed by atoms with Gasteiger partial charge in [-0.25, -0.2) is 12.7 Å². The van der Waals surface area contributed by atoms with Gasteiger partial charge in [0.1, 0.15) is 0 Å². The third kappa shape index (κ3) is 2.05. The van der Waals surface area contributed by atoms with Gasteiger partial charge in [0.2, 0.25) is 10.0 Å². The Kier molecular flexibility index (Phi) is 3.30. The summed E-state index contributed by atoms with van der Waals surface area (Å²) in [5.41, 5.74) is -0.0378. The number of rotatable bonds is 3. The zero-order chi connectivity index (χ0) is 12.5. The summed E-state index contributed by atoms with van der Waals surface area (Å²) >= 11 is 0. The van der Waals surface area contributed by atoms with Gasteiger partial charge < -0.3 is 0 Å². The quantitative estimate of drug-likeness (QED) is 0.590. The van der Waals surface area contributed by atoms with Crippen molar-refractivity contribution in [3.05, 3.63) is 33.9 Å². The topological polar surface area (TPSA) is 80.5 Å². The second-order valence-electron chi connectivity index (χ2n) is 3.44. The summed E-state index contributed by atoms with van der Waals surface area (Å²) in [4.78, 5) is 10.0. The maximum Gasteiger partial charge on any atom is 0.273 e.